The van der Waals surface area contributed by atoms with Gasteiger partial charge in [-0.25, -0.2) is 0 Å². The van der Waals surface area contributed by atoms with Crippen molar-refractivity contribution in [3.8, 4) is 0 Å². The summed E-state index contributed by atoms with van der Waals surface area (Å²) in [5, 5.41) is 6.25. The van der Waals surface area contributed by atoms with Crippen LogP contribution >= 0.6 is 0 Å². The van der Waals surface area contributed by atoms with E-state index in [1.165, 1.54) is 27.9 Å². The summed E-state index contributed by atoms with van der Waals surface area (Å²) in [7, 11) is 0. The third-order valence-electron chi connectivity index (χ3n) is 8.32. The van der Waals surface area contributed by atoms with Gasteiger partial charge in [0.05, 0.1) is 0 Å². The number of nitrogens with zero attached hydrogens (tertiary/aromatic N) is 5. The summed E-state index contributed by atoms with van der Waals surface area (Å²) in [5.41, 5.74) is 12.1. The van der Waals surface area contributed by atoms with Gasteiger partial charge in [0.2, 0.25) is 0 Å². The molecule has 0 aromatic heterocycles. The molecule has 2 heterocycles. The zero-order valence-electron chi connectivity index (χ0n) is 27.4. The topological polar surface area (TPSA) is 36.8 Å². The smallest absolute Gasteiger partial charge is 0.512 e. The molecule has 4 aromatic rings. The van der Waals surface area contributed by atoms with E-state index in [0.29, 0.717) is 0 Å². The number of rotatable bonds is 4. The van der Waals surface area contributed by atoms with Crippen LogP contribution in [0, 0.1) is 45.1 Å². The second-order valence-corrected chi connectivity index (χ2v) is 13.5. The molecule has 6 heteroatoms. The Labute approximate surface area is 284 Å². The van der Waals surface area contributed by atoms with Crippen molar-refractivity contribution in [2.24, 2.45) is 0 Å². The van der Waals surface area contributed by atoms with Crippen molar-refractivity contribution in [2.45, 2.75) is 66.2 Å². The van der Waals surface area contributed by atoms with E-state index >= 15 is 0 Å². The maximum atomic E-state index is 6.25. The first-order chi connectivity index (χ1) is 20.9. The molecule has 0 bridgehead atoms. The molecule has 232 valence electrons. The largest absolute Gasteiger partial charge is 4.00 e. The third-order valence-corrected chi connectivity index (χ3v) is 8.32. The van der Waals surface area contributed by atoms with Gasteiger partial charge in [0, 0.05) is 22.7 Å². The number of benzene rings is 4. The molecule has 0 amide bonds. The van der Waals surface area contributed by atoms with Crippen LogP contribution in [0.1, 0.15) is 63.8 Å². The average molecular weight is 775 g/mol. The molecule has 0 saturated carbocycles. The standard InChI is InChI=1S/C38H41N4.CN.Pt/c1-27-22-35-36(23-28(27)2)42(26-41(35)32-18-14-30(15-19-32)38(6,7)8)34-11-9-10-33(24-34)40-21-20-39(25-40)31-16-12-29(13-17-31)37(3,4)5;1-2;/h9-23,25-26H,1-8H3;;/q-3;-1;+4. The molecule has 0 fully saturated rings. The van der Waals surface area contributed by atoms with Crippen LogP contribution < -0.4 is 19.6 Å². The van der Waals surface area contributed by atoms with Crippen LogP contribution in [0.15, 0.2) is 91.3 Å². The molecule has 0 unspecified atom stereocenters. The molecule has 6 rings (SSSR count). The van der Waals surface area contributed by atoms with Gasteiger partial charge in [0.15, 0.2) is 0 Å². The molecule has 0 aliphatic carbocycles. The van der Waals surface area contributed by atoms with E-state index in [2.05, 4.69) is 186 Å². The van der Waals surface area contributed by atoms with Crippen LogP contribution in [-0.2, 0) is 31.9 Å². The van der Waals surface area contributed by atoms with Gasteiger partial charge >= 0.3 is 21.1 Å². The van der Waals surface area contributed by atoms with Gasteiger partial charge < -0.3 is 31.4 Å². The van der Waals surface area contributed by atoms with E-state index in [-0.39, 0.29) is 31.9 Å². The van der Waals surface area contributed by atoms with E-state index in [1.54, 1.807) is 0 Å². The second-order valence-electron chi connectivity index (χ2n) is 13.5. The van der Waals surface area contributed by atoms with Crippen molar-refractivity contribution in [3.63, 3.8) is 0 Å². The van der Waals surface area contributed by atoms with Crippen molar-refractivity contribution < 1.29 is 21.1 Å². The number of anilines is 6. The van der Waals surface area contributed by atoms with Crippen LogP contribution in [0.25, 0.3) is 0 Å². The van der Waals surface area contributed by atoms with Crippen molar-refractivity contribution in [2.75, 3.05) is 19.6 Å². The van der Waals surface area contributed by atoms with Gasteiger partial charge in [0.25, 0.3) is 0 Å². The molecule has 0 N–H and O–H groups in total. The van der Waals surface area contributed by atoms with Gasteiger partial charge in [-0.2, -0.15) is 6.07 Å². The molecule has 2 aliphatic heterocycles. The van der Waals surface area contributed by atoms with Gasteiger partial charge in [-0.1, -0.05) is 65.8 Å². The second kappa shape index (κ2) is 13.2. The molecule has 0 spiro atoms. The van der Waals surface area contributed by atoms with Crippen molar-refractivity contribution in [1.82, 2.24) is 0 Å². The number of fused-ring (bicyclic) bond motifs is 1. The summed E-state index contributed by atoms with van der Waals surface area (Å²) in [5.74, 6) is 0. The predicted molar refractivity (Wildman–Crippen MR) is 183 cm³/mol. The molecule has 45 heavy (non-hydrogen) atoms. The van der Waals surface area contributed by atoms with E-state index in [4.69, 9.17) is 11.8 Å². The Morgan fingerprint density at radius 1 is 0.600 bits per heavy atom. The number of hydrogen-bond acceptors (Lipinski definition) is 5. The minimum absolute atomic E-state index is 0. The van der Waals surface area contributed by atoms with E-state index in [0.717, 1.165) is 28.4 Å². The minimum Gasteiger partial charge on any atom is -0.512 e. The van der Waals surface area contributed by atoms with Crippen molar-refractivity contribution >= 4 is 34.1 Å². The third kappa shape index (κ3) is 6.97. The summed E-state index contributed by atoms with van der Waals surface area (Å²) >= 11 is 0. The minimum atomic E-state index is 0. The summed E-state index contributed by atoms with van der Waals surface area (Å²) in [6.07, 6.45) is 4.19. The zero-order chi connectivity index (χ0) is 31.8. The van der Waals surface area contributed by atoms with Crippen LogP contribution in [0.4, 0.5) is 34.1 Å². The van der Waals surface area contributed by atoms with Gasteiger partial charge in [-0.3, -0.25) is 0 Å². The summed E-state index contributed by atoms with van der Waals surface area (Å²) < 4.78 is 0. The quantitative estimate of drug-likeness (QED) is 0.193. The molecular formula is C39H41N5Pt. The Balaban J connectivity index is 0.00000151. The first-order valence-corrected chi connectivity index (χ1v) is 15.0. The van der Waals surface area contributed by atoms with E-state index in [9.17, 15) is 0 Å². The average Bonchev–Trinajstić information content (AvgIpc) is 3.64. The zero-order valence-corrected chi connectivity index (χ0v) is 29.6. The first kappa shape index (κ1) is 33.9. The van der Waals surface area contributed by atoms with Gasteiger partial charge in [0.1, 0.15) is 0 Å². The molecule has 0 atom stereocenters. The molecule has 0 radical (unpaired) electrons. The maximum absolute atomic E-state index is 6.25. The molecule has 2 aliphatic rings. The molecule has 4 aromatic carbocycles. The van der Waals surface area contributed by atoms with Gasteiger partial charge in [-0.05, 0) is 95.7 Å². The van der Waals surface area contributed by atoms with E-state index in [1.807, 2.05) is 0 Å². The Hall–Kier alpha value is -4.00. The fraction of sp³-hybridized carbons (Fsp3) is 0.256. The fourth-order valence-corrected chi connectivity index (χ4v) is 5.45. The Morgan fingerprint density at radius 2 is 1.07 bits per heavy atom. The summed E-state index contributed by atoms with van der Waals surface area (Å²) in [6.45, 7) is 26.9. The normalized spacial score (nSPS) is 14.2. The molecule has 0 saturated heterocycles. The monoisotopic (exact) mass is 774 g/mol. The number of hydrogen-bond donors (Lipinski definition) is 0. The number of aryl methyl sites for hydroxylation is 2. The van der Waals surface area contributed by atoms with Crippen LogP contribution in [-0.4, -0.2) is 0 Å². The van der Waals surface area contributed by atoms with Crippen molar-refractivity contribution in [1.29, 1.82) is 5.26 Å². The summed E-state index contributed by atoms with van der Waals surface area (Å²) in [6, 6.07) is 32.4. The first-order valence-electron chi connectivity index (χ1n) is 15.0. The fourth-order valence-electron chi connectivity index (χ4n) is 5.45. The van der Waals surface area contributed by atoms with Crippen LogP contribution in [0.5, 0.6) is 0 Å². The molecular weight excluding hydrogens is 734 g/mol. The van der Waals surface area contributed by atoms with Crippen LogP contribution in [0.3, 0.4) is 0 Å². The Kier molecular flexibility index (Phi) is 9.91. The SMILES string of the molecule is Cc1cc2c(cc1C)N(c1ccc(C(C)(C)C)cc1)[CH-]N2c1[c-]c(N2C=CN(c3ccc(C(C)(C)C)cc3)[CH-]2)ccc1.[C-]#N.[Pt+4]. The van der Waals surface area contributed by atoms with Crippen LogP contribution in [0.2, 0.25) is 0 Å². The Morgan fingerprint density at radius 3 is 1.60 bits per heavy atom. The molecule has 5 nitrogen and oxygen atoms in total. The van der Waals surface area contributed by atoms with Crippen molar-refractivity contribution in [3.05, 3.63) is 139 Å². The van der Waals surface area contributed by atoms with Gasteiger partial charge in [-0.15, -0.1) is 42.9 Å². The Bertz CT molecular complexity index is 1670. The maximum Gasteiger partial charge on any atom is 4.00 e. The van der Waals surface area contributed by atoms with E-state index < -0.39 is 0 Å². The predicted octanol–water partition coefficient (Wildman–Crippen LogP) is 10.1. The summed E-state index contributed by atoms with van der Waals surface area (Å²) in [4.78, 5) is 8.83.